The molecule has 4 aromatic rings. The van der Waals surface area contributed by atoms with E-state index in [0.717, 1.165) is 17.9 Å². The Kier molecular flexibility index (Phi) is 6.08. The third-order valence-corrected chi connectivity index (χ3v) is 6.19. The summed E-state index contributed by atoms with van der Waals surface area (Å²) >= 11 is 7.79. The first-order valence-corrected chi connectivity index (χ1v) is 10.9. The fourth-order valence-corrected chi connectivity index (χ4v) is 4.69. The molecule has 0 spiro atoms. The Morgan fingerprint density at radius 3 is 2.34 bits per heavy atom. The van der Waals surface area contributed by atoms with Gasteiger partial charge in [0.1, 0.15) is 18.1 Å². The number of thiophene rings is 1. The molecule has 0 fully saturated rings. The highest BCUT2D eigenvalue weighted by Crippen LogP contribution is 2.41. The molecule has 1 heterocycles. The average Bonchev–Trinajstić information content (AvgIpc) is 3.11. The number of fused-ring (bicyclic) bond motifs is 1. The molecular formula is C25H23ClO2S. The standard InChI is InChI=1S/C25H23ClO2S/c1-17(26)16-28-20-10-8-18(9-11-20)14-23-22-13-12-21(27-2)15-24(22)29-25(23)19-6-4-3-5-7-19/h3-13,15,17H,14,16H2,1-2H3. The van der Waals surface area contributed by atoms with Gasteiger partial charge in [-0.15, -0.1) is 22.9 Å². The van der Waals surface area contributed by atoms with Crippen molar-refractivity contribution in [2.45, 2.75) is 18.7 Å². The third-order valence-electron chi connectivity index (χ3n) is 4.82. The zero-order valence-electron chi connectivity index (χ0n) is 16.5. The minimum atomic E-state index is -0.00253. The monoisotopic (exact) mass is 422 g/mol. The van der Waals surface area contributed by atoms with Crippen LogP contribution in [-0.4, -0.2) is 19.1 Å². The van der Waals surface area contributed by atoms with Crippen LogP contribution in [0, 0.1) is 0 Å². The van der Waals surface area contributed by atoms with Gasteiger partial charge in [-0.3, -0.25) is 0 Å². The number of ether oxygens (including phenoxy) is 2. The Morgan fingerprint density at radius 2 is 1.66 bits per heavy atom. The lowest BCUT2D eigenvalue weighted by molar-refractivity contribution is 0.320. The maximum absolute atomic E-state index is 5.97. The van der Waals surface area contributed by atoms with E-state index in [9.17, 15) is 0 Å². The Labute approximate surface area is 180 Å². The summed E-state index contributed by atoms with van der Waals surface area (Å²) < 4.78 is 12.4. The third kappa shape index (κ3) is 4.58. The first kappa shape index (κ1) is 19.8. The van der Waals surface area contributed by atoms with Gasteiger partial charge < -0.3 is 9.47 Å². The number of rotatable bonds is 7. The fourth-order valence-electron chi connectivity index (χ4n) is 3.37. The predicted molar refractivity (Wildman–Crippen MR) is 124 cm³/mol. The Balaban J connectivity index is 1.70. The van der Waals surface area contributed by atoms with Crippen LogP contribution in [0.4, 0.5) is 0 Å². The van der Waals surface area contributed by atoms with Crippen LogP contribution in [0.2, 0.25) is 0 Å². The van der Waals surface area contributed by atoms with E-state index in [4.69, 9.17) is 21.1 Å². The van der Waals surface area contributed by atoms with Crippen molar-refractivity contribution in [2.75, 3.05) is 13.7 Å². The van der Waals surface area contributed by atoms with E-state index < -0.39 is 0 Å². The zero-order valence-corrected chi connectivity index (χ0v) is 18.1. The number of benzene rings is 3. The van der Waals surface area contributed by atoms with Gasteiger partial charge in [0, 0.05) is 9.58 Å². The highest BCUT2D eigenvalue weighted by atomic mass is 35.5. The largest absolute Gasteiger partial charge is 0.497 e. The molecule has 0 saturated carbocycles. The van der Waals surface area contributed by atoms with Crippen molar-refractivity contribution in [2.24, 2.45) is 0 Å². The van der Waals surface area contributed by atoms with Gasteiger partial charge >= 0.3 is 0 Å². The Morgan fingerprint density at radius 1 is 0.931 bits per heavy atom. The Hall–Kier alpha value is -2.49. The second kappa shape index (κ2) is 8.89. The highest BCUT2D eigenvalue weighted by Gasteiger charge is 2.15. The van der Waals surface area contributed by atoms with Crippen LogP contribution in [0.25, 0.3) is 20.5 Å². The molecule has 148 valence electrons. The van der Waals surface area contributed by atoms with Crippen LogP contribution >= 0.6 is 22.9 Å². The summed E-state index contributed by atoms with van der Waals surface area (Å²) in [6.45, 7) is 2.44. The summed E-state index contributed by atoms with van der Waals surface area (Å²) in [7, 11) is 1.71. The van der Waals surface area contributed by atoms with Crippen molar-refractivity contribution in [1.29, 1.82) is 0 Å². The van der Waals surface area contributed by atoms with Crippen molar-refractivity contribution in [3.05, 3.63) is 83.9 Å². The molecule has 1 atom stereocenters. The van der Waals surface area contributed by atoms with Crippen LogP contribution in [0.3, 0.4) is 0 Å². The summed E-state index contributed by atoms with van der Waals surface area (Å²) in [6, 6.07) is 25.2. The van der Waals surface area contributed by atoms with Crippen molar-refractivity contribution < 1.29 is 9.47 Å². The molecule has 0 radical (unpaired) electrons. The van der Waals surface area contributed by atoms with Gasteiger partial charge in [-0.05, 0) is 65.8 Å². The topological polar surface area (TPSA) is 18.5 Å². The fraction of sp³-hybridized carbons (Fsp3) is 0.200. The molecule has 1 unspecified atom stereocenters. The molecule has 0 aliphatic heterocycles. The first-order chi connectivity index (χ1) is 14.1. The number of hydrogen-bond donors (Lipinski definition) is 0. The van der Waals surface area contributed by atoms with Gasteiger partial charge in [-0.2, -0.15) is 0 Å². The number of alkyl halides is 1. The van der Waals surface area contributed by atoms with Crippen LogP contribution in [0.15, 0.2) is 72.8 Å². The van der Waals surface area contributed by atoms with Gasteiger partial charge in [0.2, 0.25) is 0 Å². The Bertz CT molecular complexity index is 1090. The summed E-state index contributed by atoms with van der Waals surface area (Å²) in [5, 5.41) is 1.28. The maximum Gasteiger partial charge on any atom is 0.120 e. The van der Waals surface area contributed by atoms with Crippen molar-refractivity contribution in [3.63, 3.8) is 0 Å². The summed E-state index contributed by atoms with van der Waals surface area (Å²) in [4.78, 5) is 1.31. The second-order valence-electron chi connectivity index (χ2n) is 7.05. The molecule has 0 aliphatic rings. The van der Waals surface area contributed by atoms with E-state index in [1.54, 1.807) is 7.11 Å². The molecule has 0 saturated heterocycles. The molecule has 4 heteroatoms. The quantitative estimate of drug-likeness (QED) is 0.294. The van der Waals surface area contributed by atoms with E-state index in [0.29, 0.717) is 6.61 Å². The van der Waals surface area contributed by atoms with Gasteiger partial charge in [-0.25, -0.2) is 0 Å². The smallest absolute Gasteiger partial charge is 0.120 e. The molecule has 0 amide bonds. The predicted octanol–water partition coefficient (Wildman–Crippen LogP) is 7.17. The molecule has 2 nitrogen and oxygen atoms in total. The van der Waals surface area contributed by atoms with E-state index >= 15 is 0 Å². The van der Waals surface area contributed by atoms with E-state index in [-0.39, 0.29) is 5.38 Å². The minimum Gasteiger partial charge on any atom is -0.497 e. The van der Waals surface area contributed by atoms with Crippen LogP contribution in [-0.2, 0) is 6.42 Å². The molecule has 0 N–H and O–H groups in total. The minimum absolute atomic E-state index is 0.00253. The van der Waals surface area contributed by atoms with Gasteiger partial charge in [0.25, 0.3) is 0 Å². The summed E-state index contributed by atoms with van der Waals surface area (Å²) in [6.07, 6.45) is 0.864. The van der Waals surface area contributed by atoms with E-state index in [1.165, 1.54) is 31.7 Å². The number of halogens is 1. The summed E-state index contributed by atoms with van der Waals surface area (Å²) in [5.41, 5.74) is 3.85. The molecule has 4 rings (SSSR count). The SMILES string of the molecule is COc1ccc2c(Cc3ccc(OCC(C)Cl)cc3)c(-c3ccccc3)sc2c1. The summed E-state index contributed by atoms with van der Waals surface area (Å²) in [5.74, 6) is 1.74. The molecule has 29 heavy (non-hydrogen) atoms. The van der Waals surface area contributed by atoms with Crippen molar-refractivity contribution in [3.8, 4) is 21.9 Å². The van der Waals surface area contributed by atoms with Crippen LogP contribution in [0.5, 0.6) is 11.5 Å². The van der Waals surface area contributed by atoms with E-state index in [2.05, 4.69) is 54.6 Å². The van der Waals surface area contributed by atoms with E-state index in [1.807, 2.05) is 36.5 Å². The molecular weight excluding hydrogens is 400 g/mol. The number of hydrogen-bond acceptors (Lipinski definition) is 3. The van der Waals surface area contributed by atoms with Gasteiger partial charge in [0.15, 0.2) is 0 Å². The number of methoxy groups -OCH3 is 1. The van der Waals surface area contributed by atoms with Gasteiger partial charge in [0.05, 0.1) is 12.5 Å². The lowest BCUT2D eigenvalue weighted by Crippen LogP contribution is -2.07. The molecule has 1 aromatic heterocycles. The average molecular weight is 423 g/mol. The van der Waals surface area contributed by atoms with Crippen molar-refractivity contribution >= 4 is 33.0 Å². The van der Waals surface area contributed by atoms with Crippen LogP contribution < -0.4 is 9.47 Å². The maximum atomic E-state index is 5.97. The lowest BCUT2D eigenvalue weighted by Gasteiger charge is -2.09. The first-order valence-electron chi connectivity index (χ1n) is 9.64. The van der Waals surface area contributed by atoms with Crippen molar-refractivity contribution in [1.82, 2.24) is 0 Å². The zero-order chi connectivity index (χ0) is 20.2. The van der Waals surface area contributed by atoms with Gasteiger partial charge in [-0.1, -0.05) is 42.5 Å². The second-order valence-corrected chi connectivity index (χ2v) is 8.85. The molecule has 0 bridgehead atoms. The highest BCUT2D eigenvalue weighted by molar-refractivity contribution is 7.22. The lowest BCUT2D eigenvalue weighted by atomic mass is 9.99. The normalized spacial score (nSPS) is 12.1. The van der Waals surface area contributed by atoms with Crippen LogP contribution in [0.1, 0.15) is 18.1 Å². The molecule has 0 aliphatic carbocycles. The molecule has 3 aromatic carbocycles.